The first kappa shape index (κ1) is 12.2. The van der Waals surface area contributed by atoms with Crippen molar-refractivity contribution in [2.75, 3.05) is 13.7 Å². The van der Waals surface area contributed by atoms with E-state index in [0.717, 1.165) is 6.61 Å². The Morgan fingerprint density at radius 3 is 2.67 bits per heavy atom. The van der Waals surface area contributed by atoms with Crippen molar-refractivity contribution >= 4 is 0 Å². The van der Waals surface area contributed by atoms with E-state index in [9.17, 15) is 0 Å². The molecule has 0 bridgehead atoms. The Kier molecular flexibility index (Phi) is 3.40. The van der Waals surface area contributed by atoms with E-state index in [-0.39, 0.29) is 5.60 Å². The van der Waals surface area contributed by atoms with Crippen LogP contribution in [-0.2, 0) is 4.74 Å². The lowest BCUT2D eigenvalue weighted by atomic mass is 9.69. The van der Waals surface area contributed by atoms with Gasteiger partial charge in [-0.25, -0.2) is 0 Å². The average molecular weight is 245 g/mol. The number of rotatable bonds is 3. The van der Waals surface area contributed by atoms with Crippen LogP contribution in [0.3, 0.4) is 0 Å². The fourth-order valence-electron chi connectivity index (χ4n) is 3.60. The van der Waals surface area contributed by atoms with Crippen LogP contribution in [0.25, 0.3) is 0 Å². The van der Waals surface area contributed by atoms with Crippen molar-refractivity contribution in [3.63, 3.8) is 0 Å². The molecule has 1 saturated carbocycles. The van der Waals surface area contributed by atoms with Crippen LogP contribution in [0, 0.1) is 5.92 Å². The van der Waals surface area contributed by atoms with Crippen molar-refractivity contribution in [3.8, 4) is 0 Å². The lowest BCUT2D eigenvalue weighted by Gasteiger charge is -2.48. The maximum Gasteiger partial charge on any atom is 0.0686 e. The molecule has 1 aromatic rings. The second-order valence-electron chi connectivity index (χ2n) is 5.81. The molecular formula is C16H23NO. The molecule has 1 spiro atoms. The standard InChI is InChI=1S/C16H23NO/c1-17-15(13-6-3-2-4-7-13)14-8-11-18-16(12-14)9-5-10-16/h2-4,6-7,14-15,17H,5,8-12H2,1H3. The van der Waals surface area contributed by atoms with Crippen molar-refractivity contribution in [2.45, 2.75) is 43.7 Å². The third kappa shape index (κ3) is 2.19. The number of hydrogen-bond acceptors (Lipinski definition) is 2. The molecule has 1 aliphatic carbocycles. The van der Waals surface area contributed by atoms with Gasteiger partial charge in [0.05, 0.1) is 5.60 Å². The second-order valence-corrected chi connectivity index (χ2v) is 5.81. The Bertz CT molecular complexity index is 385. The van der Waals surface area contributed by atoms with Crippen LogP contribution in [0.15, 0.2) is 30.3 Å². The van der Waals surface area contributed by atoms with Gasteiger partial charge < -0.3 is 10.1 Å². The van der Waals surface area contributed by atoms with Crippen LogP contribution in [-0.4, -0.2) is 19.3 Å². The van der Waals surface area contributed by atoms with E-state index in [4.69, 9.17) is 4.74 Å². The molecule has 2 nitrogen and oxygen atoms in total. The number of hydrogen-bond donors (Lipinski definition) is 1. The SMILES string of the molecule is CNC(c1ccccc1)C1CCOC2(CCC2)C1. The fourth-order valence-corrected chi connectivity index (χ4v) is 3.60. The Hall–Kier alpha value is -0.860. The maximum absolute atomic E-state index is 6.03. The van der Waals surface area contributed by atoms with E-state index in [1.807, 2.05) is 0 Å². The third-order valence-corrected chi connectivity index (χ3v) is 4.74. The van der Waals surface area contributed by atoms with Crippen LogP contribution in [0.4, 0.5) is 0 Å². The summed E-state index contributed by atoms with van der Waals surface area (Å²) in [6, 6.07) is 11.3. The molecule has 3 rings (SSSR count). The van der Waals surface area contributed by atoms with Gasteiger partial charge in [0.1, 0.15) is 0 Å². The predicted octanol–water partition coefficient (Wildman–Crippen LogP) is 3.30. The smallest absolute Gasteiger partial charge is 0.0686 e. The zero-order valence-corrected chi connectivity index (χ0v) is 11.2. The van der Waals surface area contributed by atoms with Crippen LogP contribution in [0.5, 0.6) is 0 Å². The van der Waals surface area contributed by atoms with Crippen LogP contribution in [0.2, 0.25) is 0 Å². The molecule has 2 unspecified atom stereocenters. The van der Waals surface area contributed by atoms with Gasteiger partial charge in [0.25, 0.3) is 0 Å². The molecule has 0 radical (unpaired) electrons. The molecule has 1 saturated heterocycles. The van der Waals surface area contributed by atoms with Crippen LogP contribution >= 0.6 is 0 Å². The molecule has 1 aromatic carbocycles. The minimum atomic E-state index is 0.243. The highest BCUT2D eigenvalue weighted by Crippen LogP contribution is 2.47. The Balaban J connectivity index is 1.75. The van der Waals surface area contributed by atoms with E-state index in [1.165, 1.54) is 37.7 Å². The minimum absolute atomic E-state index is 0.243. The molecule has 98 valence electrons. The van der Waals surface area contributed by atoms with Crippen LogP contribution in [0.1, 0.15) is 43.7 Å². The quantitative estimate of drug-likeness (QED) is 0.882. The molecule has 2 atom stereocenters. The number of benzene rings is 1. The first-order valence-corrected chi connectivity index (χ1v) is 7.19. The summed E-state index contributed by atoms with van der Waals surface area (Å²) in [5, 5.41) is 3.52. The van der Waals surface area contributed by atoms with Gasteiger partial charge in [-0.2, -0.15) is 0 Å². The molecule has 0 amide bonds. The van der Waals surface area contributed by atoms with Crippen molar-refractivity contribution in [1.82, 2.24) is 5.32 Å². The van der Waals surface area contributed by atoms with Crippen molar-refractivity contribution in [1.29, 1.82) is 0 Å². The summed E-state index contributed by atoms with van der Waals surface area (Å²) >= 11 is 0. The van der Waals surface area contributed by atoms with Gasteiger partial charge in [0.15, 0.2) is 0 Å². The monoisotopic (exact) mass is 245 g/mol. The lowest BCUT2D eigenvalue weighted by Crippen LogP contribution is -2.47. The average Bonchev–Trinajstić information content (AvgIpc) is 2.39. The largest absolute Gasteiger partial charge is 0.375 e. The highest BCUT2D eigenvalue weighted by Gasteiger charge is 2.44. The molecular weight excluding hydrogens is 222 g/mol. The summed E-state index contributed by atoms with van der Waals surface area (Å²) in [6.45, 7) is 0.940. The van der Waals surface area contributed by atoms with Gasteiger partial charge in [-0.15, -0.1) is 0 Å². The summed E-state index contributed by atoms with van der Waals surface area (Å²) in [6.07, 6.45) is 6.31. The Morgan fingerprint density at radius 2 is 2.06 bits per heavy atom. The first-order chi connectivity index (χ1) is 8.83. The molecule has 18 heavy (non-hydrogen) atoms. The maximum atomic E-state index is 6.03. The number of ether oxygens (including phenoxy) is 1. The third-order valence-electron chi connectivity index (χ3n) is 4.74. The lowest BCUT2D eigenvalue weighted by molar-refractivity contribution is -0.147. The molecule has 2 aliphatic rings. The predicted molar refractivity (Wildman–Crippen MR) is 73.5 cm³/mol. The van der Waals surface area contributed by atoms with Gasteiger partial charge in [-0.3, -0.25) is 0 Å². The summed E-state index contributed by atoms with van der Waals surface area (Å²) in [5.74, 6) is 0.714. The van der Waals surface area contributed by atoms with E-state index in [2.05, 4.69) is 42.7 Å². The van der Waals surface area contributed by atoms with Crippen molar-refractivity contribution in [2.24, 2.45) is 5.92 Å². The van der Waals surface area contributed by atoms with Gasteiger partial charge in [0, 0.05) is 12.6 Å². The van der Waals surface area contributed by atoms with E-state index >= 15 is 0 Å². The zero-order valence-electron chi connectivity index (χ0n) is 11.2. The molecule has 0 aromatic heterocycles. The van der Waals surface area contributed by atoms with E-state index < -0.39 is 0 Å². The first-order valence-electron chi connectivity index (χ1n) is 7.19. The van der Waals surface area contributed by atoms with Gasteiger partial charge >= 0.3 is 0 Å². The Morgan fingerprint density at radius 1 is 1.28 bits per heavy atom. The topological polar surface area (TPSA) is 21.3 Å². The normalized spacial score (nSPS) is 27.7. The molecule has 1 heterocycles. The summed E-state index contributed by atoms with van der Waals surface area (Å²) in [7, 11) is 2.08. The molecule has 2 fully saturated rings. The minimum Gasteiger partial charge on any atom is -0.375 e. The summed E-state index contributed by atoms with van der Waals surface area (Å²) in [5.41, 5.74) is 1.66. The number of nitrogens with one attached hydrogen (secondary N) is 1. The summed E-state index contributed by atoms with van der Waals surface area (Å²) in [4.78, 5) is 0. The molecule has 2 heteroatoms. The van der Waals surface area contributed by atoms with E-state index in [1.54, 1.807) is 0 Å². The van der Waals surface area contributed by atoms with Crippen molar-refractivity contribution < 1.29 is 4.74 Å². The second kappa shape index (κ2) is 5.02. The zero-order chi connectivity index (χ0) is 12.4. The molecule has 1 N–H and O–H groups in total. The Labute approximate surface area is 110 Å². The molecule has 1 aliphatic heterocycles. The van der Waals surface area contributed by atoms with E-state index in [0.29, 0.717) is 12.0 Å². The van der Waals surface area contributed by atoms with Gasteiger partial charge in [-0.1, -0.05) is 30.3 Å². The fraction of sp³-hybridized carbons (Fsp3) is 0.625. The van der Waals surface area contributed by atoms with Crippen LogP contribution < -0.4 is 5.32 Å². The van der Waals surface area contributed by atoms with Crippen molar-refractivity contribution in [3.05, 3.63) is 35.9 Å². The van der Waals surface area contributed by atoms with Gasteiger partial charge in [-0.05, 0) is 50.6 Å². The highest BCUT2D eigenvalue weighted by molar-refractivity contribution is 5.20. The summed E-state index contributed by atoms with van der Waals surface area (Å²) < 4.78 is 6.03. The van der Waals surface area contributed by atoms with Gasteiger partial charge in [0.2, 0.25) is 0 Å². The highest BCUT2D eigenvalue weighted by atomic mass is 16.5.